The highest BCUT2D eigenvalue weighted by Crippen LogP contribution is 2.21. The van der Waals surface area contributed by atoms with Crippen LogP contribution in [0.15, 0.2) is 60.7 Å². The van der Waals surface area contributed by atoms with Crippen molar-refractivity contribution in [3.05, 3.63) is 71.8 Å². The Morgan fingerprint density at radius 1 is 0.889 bits per heavy atom. The molecular weight excluding hydrogens is 340 g/mol. The predicted molar refractivity (Wildman–Crippen MR) is 105 cm³/mol. The normalized spacial score (nSPS) is 15.0. The highest BCUT2D eigenvalue weighted by Gasteiger charge is 2.28. The molecule has 27 heavy (non-hydrogen) atoms. The molecule has 0 radical (unpaired) electrons. The Labute approximate surface area is 159 Å². The zero-order chi connectivity index (χ0) is 19.1. The predicted octanol–water partition coefficient (Wildman–Crippen LogP) is 0.995. The lowest BCUT2D eigenvalue weighted by Crippen LogP contribution is -2.53. The zero-order valence-corrected chi connectivity index (χ0v) is 15.4. The monoisotopic (exact) mass is 366 g/mol. The molecule has 2 aromatic rings. The summed E-state index contributed by atoms with van der Waals surface area (Å²) in [4.78, 5) is 29.1. The van der Waals surface area contributed by atoms with Gasteiger partial charge in [-0.1, -0.05) is 60.7 Å². The second-order valence-corrected chi connectivity index (χ2v) is 6.65. The first-order valence-electron chi connectivity index (χ1n) is 9.31. The van der Waals surface area contributed by atoms with E-state index in [4.69, 9.17) is 5.73 Å². The van der Waals surface area contributed by atoms with Gasteiger partial charge in [0.05, 0.1) is 6.04 Å². The zero-order valence-electron chi connectivity index (χ0n) is 15.4. The highest BCUT2D eigenvalue weighted by molar-refractivity contribution is 6.35. The molecule has 1 aliphatic rings. The van der Waals surface area contributed by atoms with Gasteiger partial charge in [0, 0.05) is 39.3 Å². The molecule has 0 unspecified atom stereocenters. The van der Waals surface area contributed by atoms with Gasteiger partial charge in [0.1, 0.15) is 0 Å². The van der Waals surface area contributed by atoms with Crippen molar-refractivity contribution in [2.24, 2.45) is 5.73 Å². The summed E-state index contributed by atoms with van der Waals surface area (Å²) in [6.45, 7) is 4.01. The van der Waals surface area contributed by atoms with Crippen LogP contribution in [0.1, 0.15) is 17.2 Å². The molecule has 0 bridgehead atoms. The van der Waals surface area contributed by atoms with Gasteiger partial charge in [-0.2, -0.15) is 0 Å². The van der Waals surface area contributed by atoms with Gasteiger partial charge in [-0.15, -0.1) is 0 Å². The third kappa shape index (κ3) is 4.93. The van der Waals surface area contributed by atoms with E-state index >= 15 is 0 Å². The van der Waals surface area contributed by atoms with Gasteiger partial charge in [-0.05, 0) is 11.1 Å². The maximum absolute atomic E-state index is 12.7. The van der Waals surface area contributed by atoms with E-state index in [0.29, 0.717) is 19.6 Å². The first-order valence-corrected chi connectivity index (χ1v) is 9.31. The summed E-state index contributed by atoms with van der Waals surface area (Å²) >= 11 is 0. The second kappa shape index (κ2) is 9.30. The third-order valence-corrected chi connectivity index (χ3v) is 4.84. The number of nitrogens with zero attached hydrogens (tertiary/aromatic N) is 2. The number of nitrogens with two attached hydrogens (primary N) is 1. The van der Waals surface area contributed by atoms with Crippen molar-refractivity contribution >= 4 is 11.8 Å². The molecular formula is C21H26N4O2. The molecule has 3 N–H and O–H groups in total. The number of carbonyl (C=O) groups is 2. The van der Waals surface area contributed by atoms with Crippen LogP contribution in [-0.2, 0) is 9.59 Å². The Balaban J connectivity index is 1.69. The van der Waals surface area contributed by atoms with Crippen LogP contribution in [0, 0.1) is 0 Å². The van der Waals surface area contributed by atoms with E-state index in [2.05, 4.69) is 10.2 Å². The van der Waals surface area contributed by atoms with E-state index in [0.717, 1.165) is 30.8 Å². The van der Waals surface area contributed by atoms with Crippen molar-refractivity contribution in [3.8, 4) is 0 Å². The van der Waals surface area contributed by atoms with Gasteiger partial charge in [0.15, 0.2) is 0 Å². The summed E-state index contributed by atoms with van der Waals surface area (Å²) in [6, 6.07) is 19.0. The van der Waals surface area contributed by atoms with Gasteiger partial charge >= 0.3 is 11.8 Å². The molecule has 1 aliphatic heterocycles. The number of nitrogens with one attached hydrogen (secondary N) is 1. The molecule has 3 rings (SSSR count). The topological polar surface area (TPSA) is 78.7 Å². The number of carbonyl (C=O) groups excluding carboxylic acids is 2. The Kier molecular flexibility index (Phi) is 6.57. The van der Waals surface area contributed by atoms with E-state index in [1.165, 1.54) is 0 Å². The lowest BCUT2D eigenvalue weighted by atomic mass is 9.98. The van der Waals surface area contributed by atoms with Crippen LogP contribution in [0.25, 0.3) is 0 Å². The van der Waals surface area contributed by atoms with Crippen LogP contribution in [-0.4, -0.2) is 60.9 Å². The van der Waals surface area contributed by atoms with Crippen LogP contribution in [0.5, 0.6) is 0 Å². The van der Waals surface area contributed by atoms with Crippen molar-refractivity contribution < 1.29 is 9.59 Å². The number of hydrogen-bond donors (Lipinski definition) is 2. The minimum absolute atomic E-state index is 0.359. The molecule has 0 aliphatic carbocycles. The lowest BCUT2D eigenvalue weighted by molar-refractivity contribution is -0.147. The van der Waals surface area contributed by atoms with E-state index in [1.807, 2.05) is 60.7 Å². The van der Waals surface area contributed by atoms with Crippen molar-refractivity contribution in [1.82, 2.24) is 15.1 Å². The second-order valence-electron chi connectivity index (χ2n) is 6.65. The highest BCUT2D eigenvalue weighted by atomic mass is 16.2. The molecule has 6 heteroatoms. The number of hydrogen-bond acceptors (Lipinski definition) is 4. The minimum Gasteiger partial charge on any atom is -0.337 e. The average molecular weight is 366 g/mol. The largest absolute Gasteiger partial charge is 0.337 e. The fourth-order valence-electron chi connectivity index (χ4n) is 3.34. The quantitative estimate of drug-likeness (QED) is 0.774. The summed E-state index contributed by atoms with van der Waals surface area (Å²) in [5, 5.41) is 2.92. The first-order chi connectivity index (χ1) is 13.2. The average Bonchev–Trinajstić information content (AvgIpc) is 2.73. The molecule has 1 fully saturated rings. The maximum atomic E-state index is 12.7. The molecule has 1 saturated heterocycles. The Hall–Kier alpha value is -2.70. The number of piperazine rings is 1. The van der Waals surface area contributed by atoms with Crippen molar-refractivity contribution in [2.45, 2.75) is 6.04 Å². The molecule has 1 heterocycles. The van der Waals surface area contributed by atoms with E-state index < -0.39 is 11.8 Å². The van der Waals surface area contributed by atoms with Gasteiger partial charge in [-0.3, -0.25) is 14.5 Å². The van der Waals surface area contributed by atoms with Crippen LogP contribution < -0.4 is 11.1 Å². The summed E-state index contributed by atoms with van der Waals surface area (Å²) in [7, 11) is 0. The fraction of sp³-hybridized carbons (Fsp3) is 0.333. The first kappa shape index (κ1) is 19.1. The molecule has 0 saturated carbocycles. The molecule has 2 amide bonds. The molecule has 6 nitrogen and oxygen atoms in total. The van der Waals surface area contributed by atoms with Gasteiger partial charge in [0.25, 0.3) is 0 Å². The van der Waals surface area contributed by atoms with Gasteiger partial charge < -0.3 is 16.0 Å². The SMILES string of the molecule is NCCN1CCN(C(=O)C(=O)NC(c2ccccc2)c2ccccc2)CC1. The maximum Gasteiger partial charge on any atom is 0.311 e. The lowest BCUT2D eigenvalue weighted by Gasteiger charge is -2.34. The van der Waals surface area contributed by atoms with E-state index in [-0.39, 0.29) is 6.04 Å². The van der Waals surface area contributed by atoms with Crippen LogP contribution in [0.4, 0.5) is 0 Å². The van der Waals surface area contributed by atoms with E-state index in [1.54, 1.807) is 4.90 Å². The Bertz CT molecular complexity index is 704. The number of benzene rings is 2. The van der Waals surface area contributed by atoms with Crippen molar-refractivity contribution in [3.63, 3.8) is 0 Å². The molecule has 0 aromatic heterocycles. The van der Waals surface area contributed by atoms with Crippen LogP contribution >= 0.6 is 0 Å². The van der Waals surface area contributed by atoms with Crippen LogP contribution in [0.2, 0.25) is 0 Å². The summed E-state index contributed by atoms with van der Waals surface area (Å²) in [5.41, 5.74) is 7.47. The van der Waals surface area contributed by atoms with E-state index in [9.17, 15) is 9.59 Å². The minimum atomic E-state index is -0.569. The smallest absolute Gasteiger partial charge is 0.311 e. The Morgan fingerprint density at radius 2 is 1.41 bits per heavy atom. The number of rotatable bonds is 5. The Morgan fingerprint density at radius 3 is 1.89 bits per heavy atom. The summed E-state index contributed by atoms with van der Waals surface area (Å²) < 4.78 is 0. The molecule has 2 aromatic carbocycles. The molecule has 142 valence electrons. The summed E-state index contributed by atoms with van der Waals surface area (Å²) in [6.07, 6.45) is 0. The van der Waals surface area contributed by atoms with Crippen LogP contribution in [0.3, 0.4) is 0 Å². The van der Waals surface area contributed by atoms with Gasteiger partial charge in [0.2, 0.25) is 0 Å². The molecule has 0 atom stereocenters. The van der Waals surface area contributed by atoms with Crippen molar-refractivity contribution in [2.75, 3.05) is 39.3 Å². The van der Waals surface area contributed by atoms with Crippen molar-refractivity contribution in [1.29, 1.82) is 0 Å². The third-order valence-electron chi connectivity index (χ3n) is 4.84. The molecule has 0 spiro atoms. The summed E-state index contributed by atoms with van der Waals surface area (Å²) in [5.74, 6) is -1.04. The fourth-order valence-corrected chi connectivity index (χ4v) is 3.34. The standard InChI is InChI=1S/C21H26N4O2/c22-11-12-24-13-15-25(16-14-24)21(27)20(26)23-19(17-7-3-1-4-8-17)18-9-5-2-6-10-18/h1-10,19H,11-16,22H2,(H,23,26). The number of amides is 2. The van der Waals surface area contributed by atoms with Gasteiger partial charge in [-0.25, -0.2) is 0 Å².